The number of benzene rings is 1. The predicted octanol–water partition coefficient (Wildman–Crippen LogP) is 0.858. The van der Waals surface area contributed by atoms with Gasteiger partial charge in [-0.15, -0.1) is 0 Å². The summed E-state index contributed by atoms with van der Waals surface area (Å²) < 4.78 is 0. The van der Waals surface area contributed by atoms with Gasteiger partial charge in [0.1, 0.15) is 0 Å². The molecule has 1 fully saturated rings. The molecule has 4 heteroatoms. The highest BCUT2D eigenvalue weighted by Crippen LogP contribution is 2.39. The summed E-state index contributed by atoms with van der Waals surface area (Å²) in [7, 11) is 0. The maximum atomic E-state index is 11.9. The Morgan fingerprint density at radius 3 is 2.69 bits per heavy atom. The molecular weight excluding hydrogens is 204 g/mol. The van der Waals surface area contributed by atoms with E-state index in [1.54, 1.807) is 0 Å². The van der Waals surface area contributed by atoms with Gasteiger partial charge < -0.3 is 10.6 Å². The quantitative estimate of drug-likeness (QED) is 0.731. The first-order valence-electron chi connectivity index (χ1n) is 5.45. The van der Waals surface area contributed by atoms with E-state index in [0.29, 0.717) is 6.54 Å². The van der Waals surface area contributed by atoms with E-state index in [1.807, 2.05) is 24.3 Å². The standard InChI is InChI=1S/C12H12N2O2/c15-11-8(5-6-13-11)10-7-3-1-2-4-9(7)14-12(10)16/h1-4,8,10H,5-6H2,(H,13,15)(H,14,16). The Balaban J connectivity index is 2.02. The lowest BCUT2D eigenvalue weighted by Gasteiger charge is -2.13. The molecule has 0 saturated carbocycles. The van der Waals surface area contributed by atoms with Crippen molar-refractivity contribution in [1.29, 1.82) is 0 Å². The zero-order valence-corrected chi connectivity index (χ0v) is 8.69. The van der Waals surface area contributed by atoms with Crippen LogP contribution in [0, 0.1) is 5.92 Å². The molecule has 2 aliphatic rings. The molecule has 2 unspecified atom stereocenters. The van der Waals surface area contributed by atoms with Crippen molar-refractivity contribution < 1.29 is 9.59 Å². The molecule has 1 aromatic rings. The number of hydrogen-bond acceptors (Lipinski definition) is 2. The van der Waals surface area contributed by atoms with Crippen molar-refractivity contribution in [2.45, 2.75) is 12.3 Å². The van der Waals surface area contributed by atoms with Gasteiger partial charge in [-0.25, -0.2) is 0 Å². The Morgan fingerprint density at radius 1 is 1.12 bits per heavy atom. The molecular formula is C12H12N2O2. The summed E-state index contributed by atoms with van der Waals surface area (Å²) in [6.45, 7) is 0.676. The Hall–Kier alpha value is -1.84. The highest BCUT2D eigenvalue weighted by molar-refractivity contribution is 6.05. The minimum Gasteiger partial charge on any atom is -0.356 e. The molecule has 2 amide bonds. The largest absolute Gasteiger partial charge is 0.356 e. The van der Waals surface area contributed by atoms with E-state index in [1.165, 1.54) is 0 Å². The molecule has 3 rings (SSSR count). The number of para-hydroxylation sites is 1. The van der Waals surface area contributed by atoms with E-state index < -0.39 is 0 Å². The lowest BCUT2D eigenvalue weighted by atomic mass is 9.86. The average molecular weight is 216 g/mol. The molecule has 2 heterocycles. The molecule has 0 aromatic heterocycles. The second-order valence-corrected chi connectivity index (χ2v) is 4.24. The van der Waals surface area contributed by atoms with Crippen LogP contribution < -0.4 is 10.6 Å². The molecule has 82 valence electrons. The number of anilines is 1. The van der Waals surface area contributed by atoms with Crippen molar-refractivity contribution in [2.24, 2.45) is 5.92 Å². The number of carbonyl (C=O) groups is 2. The second kappa shape index (κ2) is 3.33. The summed E-state index contributed by atoms with van der Waals surface area (Å²) in [5.74, 6) is -0.567. The van der Waals surface area contributed by atoms with Crippen LogP contribution in [0.25, 0.3) is 0 Å². The van der Waals surface area contributed by atoms with Crippen molar-refractivity contribution in [3.05, 3.63) is 29.8 Å². The van der Waals surface area contributed by atoms with Crippen LogP contribution in [-0.2, 0) is 9.59 Å². The van der Waals surface area contributed by atoms with Crippen LogP contribution in [0.5, 0.6) is 0 Å². The number of carbonyl (C=O) groups excluding carboxylic acids is 2. The number of amides is 2. The molecule has 0 aliphatic carbocycles. The van der Waals surface area contributed by atoms with Gasteiger partial charge in [-0.2, -0.15) is 0 Å². The molecule has 4 nitrogen and oxygen atoms in total. The van der Waals surface area contributed by atoms with Crippen molar-refractivity contribution in [3.63, 3.8) is 0 Å². The fourth-order valence-electron chi connectivity index (χ4n) is 2.56. The van der Waals surface area contributed by atoms with E-state index in [2.05, 4.69) is 10.6 Å². The highest BCUT2D eigenvalue weighted by Gasteiger charge is 2.42. The first kappa shape index (κ1) is 9.39. The zero-order chi connectivity index (χ0) is 11.1. The van der Waals surface area contributed by atoms with E-state index in [4.69, 9.17) is 0 Å². The van der Waals surface area contributed by atoms with Crippen LogP contribution in [0.1, 0.15) is 17.9 Å². The van der Waals surface area contributed by atoms with Gasteiger partial charge in [0, 0.05) is 12.2 Å². The maximum Gasteiger partial charge on any atom is 0.232 e. The molecule has 16 heavy (non-hydrogen) atoms. The molecule has 1 aromatic carbocycles. The lowest BCUT2D eigenvalue weighted by Crippen LogP contribution is -2.27. The maximum absolute atomic E-state index is 11.9. The summed E-state index contributed by atoms with van der Waals surface area (Å²) in [5, 5.41) is 5.60. The SMILES string of the molecule is O=C1NCCC1C1C(=O)Nc2ccccc21. The Kier molecular flexibility index (Phi) is 1.96. The fourth-order valence-corrected chi connectivity index (χ4v) is 2.56. The smallest absolute Gasteiger partial charge is 0.232 e. The summed E-state index contributed by atoms with van der Waals surface area (Å²) in [5.41, 5.74) is 1.80. The van der Waals surface area contributed by atoms with Gasteiger partial charge in [0.25, 0.3) is 0 Å². The Morgan fingerprint density at radius 2 is 1.94 bits per heavy atom. The lowest BCUT2D eigenvalue weighted by molar-refractivity contribution is -0.127. The van der Waals surface area contributed by atoms with E-state index in [-0.39, 0.29) is 23.7 Å². The van der Waals surface area contributed by atoms with Crippen molar-refractivity contribution in [3.8, 4) is 0 Å². The first-order valence-corrected chi connectivity index (χ1v) is 5.45. The minimum atomic E-state index is -0.307. The number of fused-ring (bicyclic) bond motifs is 1. The normalized spacial score (nSPS) is 27.5. The topological polar surface area (TPSA) is 58.2 Å². The molecule has 0 spiro atoms. The number of rotatable bonds is 1. The third-order valence-corrected chi connectivity index (χ3v) is 3.33. The van der Waals surface area contributed by atoms with Crippen molar-refractivity contribution >= 4 is 17.5 Å². The third kappa shape index (κ3) is 1.23. The van der Waals surface area contributed by atoms with Crippen molar-refractivity contribution in [1.82, 2.24) is 5.32 Å². The molecule has 0 radical (unpaired) electrons. The van der Waals surface area contributed by atoms with Crippen LogP contribution in [0.15, 0.2) is 24.3 Å². The van der Waals surface area contributed by atoms with E-state index >= 15 is 0 Å². The predicted molar refractivity (Wildman–Crippen MR) is 58.9 cm³/mol. The molecule has 2 aliphatic heterocycles. The molecule has 2 atom stereocenters. The average Bonchev–Trinajstić information content (AvgIpc) is 2.81. The Labute approximate surface area is 93.0 Å². The minimum absolute atomic E-state index is 0.00291. The van der Waals surface area contributed by atoms with Gasteiger partial charge in [-0.1, -0.05) is 18.2 Å². The summed E-state index contributed by atoms with van der Waals surface area (Å²) in [4.78, 5) is 23.5. The van der Waals surface area contributed by atoms with Gasteiger partial charge in [0.05, 0.1) is 11.8 Å². The molecule has 1 saturated heterocycles. The van der Waals surface area contributed by atoms with E-state index in [0.717, 1.165) is 17.7 Å². The van der Waals surface area contributed by atoms with Gasteiger partial charge in [-0.05, 0) is 18.1 Å². The Bertz CT molecular complexity index is 470. The van der Waals surface area contributed by atoms with E-state index in [9.17, 15) is 9.59 Å². The first-order chi connectivity index (χ1) is 7.77. The number of nitrogens with one attached hydrogen (secondary N) is 2. The fraction of sp³-hybridized carbons (Fsp3) is 0.333. The monoisotopic (exact) mass is 216 g/mol. The van der Waals surface area contributed by atoms with Crippen LogP contribution in [0.3, 0.4) is 0 Å². The van der Waals surface area contributed by atoms with Crippen molar-refractivity contribution in [2.75, 3.05) is 11.9 Å². The van der Waals surface area contributed by atoms with Gasteiger partial charge in [0.15, 0.2) is 0 Å². The summed E-state index contributed by atoms with van der Waals surface area (Å²) in [6.07, 6.45) is 0.741. The van der Waals surface area contributed by atoms with Crippen LogP contribution in [0.4, 0.5) is 5.69 Å². The zero-order valence-electron chi connectivity index (χ0n) is 8.69. The number of hydrogen-bond donors (Lipinski definition) is 2. The highest BCUT2D eigenvalue weighted by atomic mass is 16.2. The van der Waals surface area contributed by atoms with Crippen LogP contribution >= 0.6 is 0 Å². The van der Waals surface area contributed by atoms with Gasteiger partial charge in [-0.3, -0.25) is 9.59 Å². The van der Waals surface area contributed by atoms with Crippen LogP contribution in [0.2, 0.25) is 0 Å². The molecule has 2 N–H and O–H groups in total. The molecule has 0 bridgehead atoms. The summed E-state index contributed by atoms with van der Waals surface area (Å²) in [6, 6.07) is 7.58. The van der Waals surface area contributed by atoms with Gasteiger partial charge >= 0.3 is 0 Å². The second-order valence-electron chi connectivity index (χ2n) is 4.24. The van der Waals surface area contributed by atoms with Crippen LogP contribution in [-0.4, -0.2) is 18.4 Å². The summed E-state index contributed by atoms with van der Waals surface area (Å²) >= 11 is 0. The third-order valence-electron chi connectivity index (χ3n) is 3.33. The van der Waals surface area contributed by atoms with Gasteiger partial charge in [0.2, 0.25) is 11.8 Å².